The fourth-order valence-corrected chi connectivity index (χ4v) is 3.06. The quantitative estimate of drug-likeness (QED) is 0.292. The molecule has 1 aliphatic heterocycles. The summed E-state index contributed by atoms with van der Waals surface area (Å²) in [6, 6.07) is 6.24. The highest BCUT2D eigenvalue weighted by atomic mass is 127. The van der Waals surface area contributed by atoms with E-state index < -0.39 is 0 Å². The van der Waals surface area contributed by atoms with Crippen LogP contribution >= 0.6 is 24.0 Å². The molecule has 0 aromatic heterocycles. The van der Waals surface area contributed by atoms with Gasteiger partial charge in [-0.2, -0.15) is 0 Å². The number of hydrogen-bond acceptors (Lipinski definition) is 4. The Morgan fingerprint density at radius 1 is 1.23 bits per heavy atom. The van der Waals surface area contributed by atoms with Crippen molar-refractivity contribution in [3.63, 3.8) is 0 Å². The van der Waals surface area contributed by atoms with E-state index in [0.717, 1.165) is 44.1 Å². The van der Waals surface area contributed by atoms with Crippen molar-refractivity contribution in [3.05, 3.63) is 29.3 Å². The van der Waals surface area contributed by atoms with Gasteiger partial charge in [-0.1, -0.05) is 12.1 Å². The van der Waals surface area contributed by atoms with E-state index in [1.807, 2.05) is 0 Å². The predicted molar refractivity (Wildman–Crippen MR) is 130 cm³/mol. The Hall–Kier alpha value is -1.55. The molecule has 1 unspecified atom stereocenters. The molecule has 1 amide bonds. The Labute approximate surface area is 197 Å². The number of rotatable bonds is 9. The molecule has 8 heteroatoms. The average Bonchev–Trinajstić information content (AvgIpc) is 3.39. The zero-order valence-electron chi connectivity index (χ0n) is 18.3. The summed E-state index contributed by atoms with van der Waals surface area (Å²) in [4.78, 5) is 18.3. The molecule has 0 bridgehead atoms. The van der Waals surface area contributed by atoms with E-state index in [2.05, 4.69) is 35.8 Å². The molecule has 2 N–H and O–H groups in total. The first-order valence-corrected chi connectivity index (χ1v) is 10.5. The lowest BCUT2D eigenvalue weighted by Gasteiger charge is -2.17. The molecule has 1 heterocycles. The zero-order chi connectivity index (χ0) is 20.6. The van der Waals surface area contributed by atoms with Gasteiger partial charge in [0.15, 0.2) is 5.96 Å². The SMILES string of the molecule is Cc1ccc(CN=C(NCC(=O)N(C)C)NCC2CCOC2)c(OCC2CC2)c1.I. The summed E-state index contributed by atoms with van der Waals surface area (Å²) < 4.78 is 11.5. The first-order valence-electron chi connectivity index (χ1n) is 10.5. The molecule has 1 aromatic rings. The van der Waals surface area contributed by atoms with Crippen LogP contribution in [0.2, 0.25) is 0 Å². The minimum absolute atomic E-state index is 0. The van der Waals surface area contributed by atoms with E-state index in [9.17, 15) is 4.79 Å². The van der Waals surface area contributed by atoms with Gasteiger partial charge < -0.3 is 25.0 Å². The second kappa shape index (κ2) is 12.3. The molecule has 1 aromatic carbocycles. The molecular formula is C22H35IN4O3. The average molecular weight is 530 g/mol. The van der Waals surface area contributed by atoms with Crippen LogP contribution in [0.4, 0.5) is 0 Å². The largest absolute Gasteiger partial charge is 0.493 e. The van der Waals surface area contributed by atoms with Crippen LogP contribution in [0.1, 0.15) is 30.4 Å². The summed E-state index contributed by atoms with van der Waals surface area (Å²) in [6.45, 7) is 5.92. The Morgan fingerprint density at radius 2 is 2.03 bits per heavy atom. The van der Waals surface area contributed by atoms with Crippen molar-refractivity contribution in [2.75, 3.05) is 47.0 Å². The second-order valence-corrected chi connectivity index (χ2v) is 8.28. The summed E-state index contributed by atoms with van der Waals surface area (Å²) in [5.41, 5.74) is 2.23. The van der Waals surface area contributed by atoms with E-state index in [0.29, 0.717) is 24.3 Å². The molecule has 3 rings (SSSR count). The van der Waals surface area contributed by atoms with Gasteiger partial charge in [0.2, 0.25) is 5.91 Å². The summed E-state index contributed by atoms with van der Waals surface area (Å²) in [6.07, 6.45) is 3.58. The monoisotopic (exact) mass is 530 g/mol. The summed E-state index contributed by atoms with van der Waals surface area (Å²) in [5.74, 6) is 2.74. The maximum Gasteiger partial charge on any atom is 0.241 e. The van der Waals surface area contributed by atoms with E-state index in [1.165, 1.54) is 18.4 Å². The van der Waals surface area contributed by atoms with Crippen molar-refractivity contribution in [1.29, 1.82) is 0 Å². The maximum atomic E-state index is 12.0. The van der Waals surface area contributed by atoms with Crippen LogP contribution < -0.4 is 15.4 Å². The Balaban J connectivity index is 0.00000320. The van der Waals surface area contributed by atoms with Crippen molar-refractivity contribution >= 4 is 35.8 Å². The lowest BCUT2D eigenvalue weighted by atomic mass is 10.1. The van der Waals surface area contributed by atoms with Crippen LogP contribution in [0.3, 0.4) is 0 Å². The van der Waals surface area contributed by atoms with Gasteiger partial charge in [0, 0.05) is 38.7 Å². The zero-order valence-corrected chi connectivity index (χ0v) is 20.6. The van der Waals surface area contributed by atoms with Gasteiger partial charge in [0.25, 0.3) is 0 Å². The van der Waals surface area contributed by atoms with Crippen LogP contribution in [0.15, 0.2) is 23.2 Å². The van der Waals surface area contributed by atoms with Gasteiger partial charge in [-0.3, -0.25) is 4.79 Å². The molecule has 1 aliphatic carbocycles. The molecule has 168 valence electrons. The lowest BCUT2D eigenvalue weighted by molar-refractivity contribution is -0.127. The van der Waals surface area contributed by atoms with Crippen LogP contribution in [0.5, 0.6) is 5.75 Å². The molecule has 1 atom stereocenters. The van der Waals surface area contributed by atoms with E-state index in [-0.39, 0.29) is 36.4 Å². The topological polar surface area (TPSA) is 75.2 Å². The molecule has 2 aliphatic rings. The molecule has 1 saturated carbocycles. The van der Waals surface area contributed by atoms with E-state index >= 15 is 0 Å². The standard InChI is InChI=1S/C22H34N4O3.HI/c1-16-4-7-19(20(10-16)29-15-17-5-6-17)12-24-22(25-13-21(27)26(2)3)23-11-18-8-9-28-14-18;/h4,7,10,17-18H,5-6,8-9,11-15H2,1-3H3,(H2,23,24,25);1H. The Morgan fingerprint density at radius 3 is 2.70 bits per heavy atom. The highest BCUT2D eigenvalue weighted by molar-refractivity contribution is 14.0. The molecule has 30 heavy (non-hydrogen) atoms. The number of carbonyl (C=O) groups is 1. The van der Waals surface area contributed by atoms with Gasteiger partial charge in [-0.05, 0) is 43.7 Å². The van der Waals surface area contributed by atoms with Gasteiger partial charge >= 0.3 is 0 Å². The number of ether oxygens (including phenoxy) is 2. The molecule has 0 radical (unpaired) electrons. The number of aryl methyl sites for hydroxylation is 1. The Kier molecular flexibility index (Phi) is 10.2. The minimum atomic E-state index is 0. The van der Waals surface area contributed by atoms with E-state index in [1.54, 1.807) is 19.0 Å². The highest BCUT2D eigenvalue weighted by Gasteiger charge is 2.22. The van der Waals surface area contributed by atoms with Gasteiger partial charge in [-0.15, -0.1) is 24.0 Å². The summed E-state index contributed by atoms with van der Waals surface area (Å²) >= 11 is 0. The number of aliphatic imine (C=N–C) groups is 1. The normalized spacial score (nSPS) is 18.5. The summed E-state index contributed by atoms with van der Waals surface area (Å²) in [5, 5.41) is 6.52. The third-order valence-electron chi connectivity index (χ3n) is 5.29. The molecule has 0 spiro atoms. The van der Waals surface area contributed by atoms with Crippen LogP contribution in [0, 0.1) is 18.8 Å². The van der Waals surface area contributed by atoms with Crippen molar-refractivity contribution in [1.82, 2.24) is 15.5 Å². The van der Waals surface area contributed by atoms with Gasteiger partial charge in [-0.25, -0.2) is 4.99 Å². The number of guanidine groups is 1. The van der Waals surface area contributed by atoms with Crippen molar-refractivity contribution < 1.29 is 14.3 Å². The fourth-order valence-electron chi connectivity index (χ4n) is 3.06. The minimum Gasteiger partial charge on any atom is -0.493 e. The van der Waals surface area contributed by atoms with Crippen LogP contribution in [-0.4, -0.2) is 63.8 Å². The molecule has 2 fully saturated rings. The number of hydrogen-bond donors (Lipinski definition) is 2. The Bertz CT molecular complexity index is 716. The number of likely N-dealkylation sites (N-methyl/N-ethyl adjacent to an activating group) is 1. The highest BCUT2D eigenvalue weighted by Crippen LogP contribution is 2.31. The number of benzene rings is 1. The van der Waals surface area contributed by atoms with Crippen molar-refractivity contribution in [3.8, 4) is 5.75 Å². The van der Waals surface area contributed by atoms with Gasteiger partial charge in [0.05, 0.1) is 26.3 Å². The van der Waals surface area contributed by atoms with Crippen LogP contribution in [0.25, 0.3) is 0 Å². The number of carbonyl (C=O) groups excluding carboxylic acids is 1. The van der Waals surface area contributed by atoms with Crippen molar-refractivity contribution in [2.24, 2.45) is 16.8 Å². The second-order valence-electron chi connectivity index (χ2n) is 8.28. The fraction of sp³-hybridized carbons (Fsp3) is 0.636. The number of nitrogens with one attached hydrogen (secondary N) is 2. The maximum absolute atomic E-state index is 12.0. The van der Waals surface area contributed by atoms with Crippen LogP contribution in [-0.2, 0) is 16.1 Å². The van der Waals surface area contributed by atoms with E-state index in [4.69, 9.17) is 14.5 Å². The van der Waals surface area contributed by atoms with Gasteiger partial charge in [0.1, 0.15) is 5.75 Å². The molecule has 1 saturated heterocycles. The first kappa shape index (κ1) is 24.7. The summed E-state index contributed by atoms with van der Waals surface area (Å²) in [7, 11) is 3.50. The third kappa shape index (κ3) is 8.29. The number of amides is 1. The predicted octanol–water partition coefficient (Wildman–Crippen LogP) is 2.56. The lowest BCUT2D eigenvalue weighted by Crippen LogP contribution is -2.44. The number of halogens is 1. The molecular weight excluding hydrogens is 495 g/mol. The first-order chi connectivity index (χ1) is 14.0. The van der Waals surface area contributed by atoms with Crippen molar-refractivity contribution in [2.45, 2.75) is 32.7 Å². The number of nitrogens with zero attached hydrogens (tertiary/aromatic N) is 2. The smallest absolute Gasteiger partial charge is 0.241 e. The third-order valence-corrected chi connectivity index (χ3v) is 5.29. The molecule has 7 nitrogen and oxygen atoms in total.